The zero-order valence-electron chi connectivity index (χ0n) is 12.7. The molecule has 1 aromatic carbocycles. The Morgan fingerprint density at radius 2 is 1.95 bits per heavy atom. The molecule has 1 aliphatic rings. The van der Waals surface area contributed by atoms with Crippen LogP contribution in [0.4, 0.5) is 4.79 Å². The Hall–Kier alpha value is -2.37. The molecule has 6 heteroatoms. The van der Waals surface area contributed by atoms with Gasteiger partial charge in [0, 0.05) is 0 Å². The number of carbonyl (C=O) groups is 3. The maximum Gasteiger partial charge on any atom is 0.413 e. The quantitative estimate of drug-likeness (QED) is 0.853. The Kier molecular flexibility index (Phi) is 5.14. The molecule has 1 aromatic rings. The molecule has 0 aliphatic heterocycles. The first-order valence-electron chi connectivity index (χ1n) is 7.18. The van der Waals surface area contributed by atoms with Crippen LogP contribution in [0, 0.1) is 0 Å². The number of nitrogens with one attached hydrogen (secondary N) is 1. The Labute approximate surface area is 128 Å². The van der Waals surface area contributed by atoms with Crippen molar-refractivity contribution in [3.05, 3.63) is 34.9 Å². The summed E-state index contributed by atoms with van der Waals surface area (Å²) in [7, 11) is 1.15. The number of carbonyl (C=O) groups excluding carboxylic acids is 3. The summed E-state index contributed by atoms with van der Waals surface area (Å²) in [5.74, 6) is -1.22. The lowest BCUT2D eigenvalue weighted by Gasteiger charge is -2.12. The number of hydrogen-bond donors (Lipinski definition) is 1. The molecule has 1 atom stereocenters. The van der Waals surface area contributed by atoms with E-state index in [1.807, 2.05) is 23.5 Å². The lowest BCUT2D eigenvalue weighted by atomic mass is 10.0. The predicted molar refractivity (Wildman–Crippen MR) is 78.3 cm³/mol. The Morgan fingerprint density at radius 3 is 2.68 bits per heavy atom. The van der Waals surface area contributed by atoms with Gasteiger partial charge in [-0.15, -0.1) is 0 Å². The van der Waals surface area contributed by atoms with Gasteiger partial charge in [-0.1, -0.05) is 18.2 Å². The SMILES string of the molecule is COC(=O)NC(=O)[C@H](C)OC(=O)Cc1ccc2c(c1)CCC2. The van der Waals surface area contributed by atoms with Crippen molar-refractivity contribution in [3.63, 3.8) is 0 Å². The minimum Gasteiger partial charge on any atom is -0.453 e. The average Bonchev–Trinajstić information content (AvgIpc) is 2.94. The second kappa shape index (κ2) is 7.06. The molecule has 1 aliphatic carbocycles. The smallest absolute Gasteiger partial charge is 0.413 e. The molecule has 0 radical (unpaired) electrons. The monoisotopic (exact) mass is 305 g/mol. The van der Waals surface area contributed by atoms with E-state index in [0.29, 0.717) is 0 Å². The standard InChI is InChI=1S/C16H19NO5/c1-10(15(19)17-16(20)21-2)22-14(18)9-11-6-7-12-4-3-5-13(12)8-11/h6-8,10H,3-5,9H2,1-2H3,(H,17,19,20)/t10-/m0/s1. The van der Waals surface area contributed by atoms with Crippen molar-refractivity contribution in [2.24, 2.45) is 0 Å². The van der Waals surface area contributed by atoms with Gasteiger partial charge < -0.3 is 9.47 Å². The van der Waals surface area contributed by atoms with Crippen LogP contribution in [0.3, 0.4) is 0 Å². The van der Waals surface area contributed by atoms with Crippen molar-refractivity contribution >= 4 is 18.0 Å². The van der Waals surface area contributed by atoms with Crippen LogP contribution in [0.2, 0.25) is 0 Å². The number of aryl methyl sites for hydroxylation is 2. The average molecular weight is 305 g/mol. The van der Waals surface area contributed by atoms with Crippen molar-refractivity contribution in [2.45, 2.75) is 38.7 Å². The van der Waals surface area contributed by atoms with Crippen LogP contribution < -0.4 is 5.32 Å². The summed E-state index contributed by atoms with van der Waals surface area (Å²) in [5.41, 5.74) is 3.48. The normalized spacial score (nSPS) is 13.9. The highest BCUT2D eigenvalue weighted by Gasteiger charge is 2.20. The third-order valence-corrected chi connectivity index (χ3v) is 3.60. The fourth-order valence-electron chi connectivity index (χ4n) is 2.45. The fourth-order valence-corrected chi connectivity index (χ4v) is 2.45. The number of imide groups is 1. The molecule has 6 nitrogen and oxygen atoms in total. The van der Waals surface area contributed by atoms with Gasteiger partial charge in [0.2, 0.25) is 0 Å². The van der Waals surface area contributed by atoms with E-state index in [9.17, 15) is 14.4 Å². The first-order valence-corrected chi connectivity index (χ1v) is 7.18. The van der Waals surface area contributed by atoms with Gasteiger partial charge in [-0.05, 0) is 42.9 Å². The maximum atomic E-state index is 11.9. The third kappa shape index (κ3) is 4.07. The van der Waals surface area contributed by atoms with Crippen molar-refractivity contribution in [1.82, 2.24) is 5.32 Å². The highest BCUT2D eigenvalue weighted by atomic mass is 16.6. The van der Waals surface area contributed by atoms with E-state index in [0.717, 1.165) is 31.9 Å². The van der Waals surface area contributed by atoms with Gasteiger partial charge in [0.15, 0.2) is 6.10 Å². The Morgan fingerprint density at radius 1 is 1.23 bits per heavy atom. The maximum absolute atomic E-state index is 11.9. The molecule has 0 bridgehead atoms. The number of benzene rings is 1. The summed E-state index contributed by atoms with van der Waals surface area (Å²) < 4.78 is 9.33. The van der Waals surface area contributed by atoms with Crippen LogP contribution >= 0.6 is 0 Å². The predicted octanol–water partition coefficient (Wildman–Crippen LogP) is 1.53. The van der Waals surface area contributed by atoms with E-state index < -0.39 is 24.1 Å². The number of hydrogen-bond acceptors (Lipinski definition) is 5. The molecule has 0 spiro atoms. The van der Waals surface area contributed by atoms with E-state index in [1.54, 1.807) is 0 Å². The van der Waals surface area contributed by atoms with Crippen LogP contribution in [-0.2, 0) is 38.3 Å². The number of esters is 1. The number of methoxy groups -OCH3 is 1. The molecule has 0 saturated heterocycles. The van der Waals surface area contributed by atoms with E-state index in [1.165, 1.54) is 18.1 Å². The number of rotatable bonds is 4. The van der Waals surface area contributed by atoms with Crippen LogP contribution in [0.1, 0.15) is 30.0 Å². The van der Waals surface area contributed by atoms with Gasteiger partial charge in [0.05, 0.1) is 13.5 Å². The van der Waals surface area contributed by atoms with E-state index in [2.05, 4.69) is 4.74 Å². The summed E-state index contributed by atoms with van der Waals surface area (Å²) in [5, 5.41) is 1.96. The van der Waals surface area contributed by atoms with Crippen LogP contribution in [-0.4, -0.2) is 31.2 Å². The molecule has 2 amide bonds. The molecule has 1 N–H and O–H groups in total. The summed E-state index contributed by atoms with van der Waals surface area (Å²) in [6, 6.07) is 5.96. The minimum atomic E-state index is -1.05. The first kappa shape index (κ1) is 16.0. The molecule has 22 heavy (non-hydrogen) atoms. The summed E-state index contributed by atoms with van der Waals surface area (Å²) in [6.07, 6.45) is 1.44. The van der Waals surface area contributed by atoms with Crippen LogP contribution in [0.15, 0.2) is 18.2 Å². The molecular formula is C16H19NO5. The molecule has 0 fully saturated rings. The van der Waals surface area contributed by atoms with Crippen molar-refractivity contribution in [3.8, 4) is 0 Å². The van der Waals surface area contributed by atoms with Gasteiger partial charge in [-0.2, -0.15) is 0 Å². The molecule has 0 aromatic heterocycles. The van der Waals surface area contributed by atoms with Gasteiger partial charge in [-0.25, -0.2) is 4.79 Å². The number of amides is 2. The van der Waals surface area contributed by atoms with Gasteiger partial charge in [0.1, 0.15) is 0 Å². The Bertz CT molecular complexity index is 596. The van der Waals surface area contributed by atoms with E-state index in [4.69, 9.17) is 4.74 Å². The number of ether oxygens (including phenoxy) is 2. The highest BCUT2D eigenvalue weighted by Crippen LogP contribution is 2.23. The van der Waals surface area contributed by atoms with E-state index >= 15 is 0 Å². The van der Waals surface area contributed by atoms with Gasteiger partial charge in [0.25, 0.3) is 5.91 Å². The summed E-state index contributed by atoms with van der Waals surface area (Å²) in [6.45, 7) is 1.40. The minimum absolute atomic E-state index is 0.100. The molecule has 0 heterocycles. The van der Waals surface area contributed by atoms with Gasteiger partial charge >= 0.3 is 12.1 Å². The molecule has 0 saturated carbocycles. The second-order valence-corrected chi connectivity index (χ2v) is 5.25. The van der Waals surface area contributed by atoms with Crippen LogP contribution in [0.5, 0.6) is 0 Å². The lowest BCUT2D eigenvalue weighted by molar-refractivity contribution is -0.153. The lowest BCUT2D eigenvalue weighted by Crippen LogP contribution is -2.39. The van der Waals surface area contributed by atoms with Crippen molar-refractivity contribution < 1.29 is 23.9 Å². The first-order chi connectivity index (χ1) is 10.5. The largest absolute Gasteiger partial charge is 0.453 e. The topological polar surface area (TPSA) is 81.7 Å². The van der Waals surface area contributed by atoms with Crippen LogP contribution in [0.25, 0.3) is 0 Å². The Balaban J connectivity index is 1.87. The zero-order valence-corrected chi connectivity index (χ0v) is 12.7. The van der Waals surface area contributed by atoms with E-state index in [-0.39, 0.29) is 6.42 Å². The van der Waals surface area contributed by atoms with Crippen molar-refractivity contribution in [2.75, 3.05) is 7.11 Å². The molecule has 0 unspecified atom stereocenters. The van der Waals surface area contributed by atoms with Gasteiger partial charge in [-0.3, -0.25) is 14.9 Å². The zero-order chi connectivity index (χ0) is 16.1. The summed E-state index contributed by atoms with van der Waals surface area (Å²) in [4.78, 5) is 34.3. The molecule has 118 valence electrons. The van der Waals surface area contributed by atoms with Crippen molar-refractivity contribution in [1.29, 1.82) is 0 Å². The molecule has 2 rings (SSSR count). The summed E-state index contributed by atoms with van der Waals surface area (Å²) >= 11 is 0. The molecular weight excluding hydrogens is 286 g/mol. The number of alkyl carbamates (subject to hydrolysis) is 1. The second-order valence-electron chi connectivity index (χ2n) is 5.25. The third-order valence-electron chi connectivity index (χ3n) is 3.60. The fraction of sp³-hybridized carbons (Fsp3) is 0.438. The number of fused-ring (bicyclic) bond motifs is 1. The highest BCUT2D eigenvalue weighted by molar-refractivity contribution is 5.95.